The van der Waals surface area contributed by atoms with Crippen molar-refractivity contribution in [3.05, 3.63) is 11.8 Å². The molecule has 1 fully saturated rings. The number of aromatic nitrogens is 2. The van der Waals surface area contributed by atoms with Gasteiger partial charge < -0.3 is 14.2 Å². The third-order valence-electron chi connectivity index (χ3n) is 4.16. The largest absolute Gasteiger partial charge is 0.425 e. The molecule has 6 nitrogen and oxygen atoms in total. The first-order valence-corrected chi connectivity index (χ1v) is 8.35. The second-order valence-corrected chi connectivity index (χ2v) is 6.41. The zero-order valence-corrected chi connectivity index (χ0v) is 14.0. The molecule has 22 heavy (non-hydrogen) atoms. The smallest absolute Gasteiger partial charge is 0.222 e. The van der Waals surface area contributed by atoms with Crippen molar-refractivity contribution >= 4 is 5.91 Å². The zero-order valence-electron chi connectivity index (χ0n) is 14.0. The molecule has 124 valence electrons. The van der Waals surface area contributed by atoms with Crippen molar-refractivity contribution in [2.45, 2.75) is 51.9 Å². The normalized spacial score (nSPS) is 16.2. The number of likely N-dealkylation sites (N-methyl/N-ethyl adjacent to an activating group) is 1. The lowest BCUT2D eigenvalue weighted by atomic mass is 10.1. The third-order valence-corrected chi connectivity index (χ3v) is 4.16. The Morgan fingerprint density at radius 3 is 2.64 bits per heavy atom. The first-order valence-electron chi connectivity index (χ1n) is 8.35. The van der Waals surface area contributed by atoms with Crippen LogP contribution in [0.5, 0.6) is 0 Å². The highest BCUT2D eigenvalue weighted by atomic mass is 16.4. The number of carbonyl (C=O) groups excluding carboxylic acids is 1. The summed E-state index contributed by atoms with van der Waals surface area (Å²) in [6, 6.07) is 0. The SMILES string of the molecule is CC(C)c1nnc(CCC(=O)N(C)CCN2CCCCC2)o1. The quantitative estimate of drug-likeness (QED) is 0.771. The number of aryl methyl sites for hydroxylation is 1. The Bertz CT molecular complexity index is 466. The number of piperidine rings is 1. The molecule has 0 aliphatic carbocycles. The number of hydrogen-bond donors (Lipinski definition) is 0. The molecular weight excluding hydrogens is 280 g/mol. The van der Waals surface area contributed by atoms with E-state index in [2.05, 4.69) is 15.1 Å². The molecule has 0 atom stereocenters. The molecule has 1 aliphatic rings. The summed E-state index contributed by atoms with van der Waals surface area (Å²) in [5.74, 6) is 1.56. The molecule has 2 heterocycles. The minimum absolute atomic E-state index is 0.140. The second-order valence-electron chi connectivity index (χ2n) is 6.41. The van der Waals surface area contributed by atoms with Gasteiger partial charge >= 0.3 is 0 Å². The number of rotatable bonds is 7. The molecule has 1 saturated heterocycles. The van der Waals surface area contributed by atoms with Crippen LogP contribution in [-0.2, 0) is 11.2 Å². The van der Waals surface area contributed by atoms with E-state index in [1.165, 1.54) is 32.4 Å². The van der Waals surface area contributed by atoms with E-state index in [0.29, 0.717) is 24.6 Å². The van der Waals surface area contributed by atoms with E-state index in [1.54, 1.807) is 0 Å². The van der Waals surface area contributed by atoms with Crippen LogP contribution in [-0.4, -0.2) is 59.1 Å². The summed E-state index contributed by atoms with van der Waals surface area (Å²) in [6.07, 6.45) is 4.86. The summed E-state index contributed by atoms with van der Waals surface area (Å²) in [5, 5.41) is 7.98. The lowest BCUT2D eigenvalue weighted by molar-refractivity contribution is -0.130. The Morgan fingerprint density at radius 1 is 1.27 bits per heavy atom. The molecule has 0 N–H and O–H groups in total. The lowest BCUT2D eigenvalue weighted by Gasteiger charge is -2.28. The van der Waals surface area contributed by atoms with E-state index in [1.807, 2.05) is 25.8 Å². The van der Waals surface area contributed by atoms with Gasteiger partial charge in [0.1, 0.15) is 0 Å². The molecule has 0 unspecified atom stereocenters. The highest BCUT2D eigenvalue weighted by Crippen LogP contribution is 2.13. The predicted molar refractivity (Wildman–Crippen MR) is 84.6 cm³/mol. The predicted octanol–water partition coefficient (Wildman–Crippen LogP) is 2.07. The number of nitrogens with zero attached hydrogens (tertiary/aromatic N) is 4. The summed E-state index contributed by atoms with van der Waals surface area (Å²) < 4.78 is 5.53. The summed E-state index contributed by atoms with van der Waals surface area (Å²) in [4.78, 5) is 16.4. The van der Waals surface area contributed by atoms with Gasteiger partial charge in [0.05, 0.1) is 0 Å². The van der Waals surface area contributed by atoms with Gasteiger partial charge in [0, 0.05) is 38.9 Å². The van der Waals surface area contributed by atoms with Crippen molar-refractivity contribution in [1.29, 1.82) is 0 Å². The molecule has 0 spiro atoms. The van der Waals surface area contributed by atoms with Crippen LogP contribution in [0.4, 0.5) is 0 Å². The average Bonchev–Trinajstić information content (AvgIpc) is 3.00. The molecule has 1 aromatic heterocycles. The van der Waals surface area contributed by atoms with Crippen molar-refractivity contribution in [3.8, 4) is 0 Å². The Morgan fingerprint density at radius 2 is 2.00 bits per heavy atom. The van der Waals surface area contributed by atoms with Crippen molar-refractivity contribution in [3.63, 3.8) is 0 Å². The minimum Gasteiger partial charge on any atom is -0.425 e. The van der Waals surface area contributed by atoms with Crippen LogP contribution >= 0.6 is 0 Å². The van der Waals surface area contributed by atoms with E-state index in [9.17, 15) is 4.79 Å². The van der Waals surface area contributed by atoms with Gasteiger partial charge in [-0.25, -0.2) is 0 Å². The van der Waals surface area contributed by atoms with E-state index in [0.717, 1.165) is 13.1 Å². The minimum atomic E-state index is 0.140. The van der Waals surface area contributed by atoms with Crippen LogP contribution in [0.1, 0.15) is 57.2 Å². The van der Waals surface area contributed by atoms with Crippen LogP contribution in [0.2, 0.25) is 0 Å². The Kier molecular flexibility index (Phi) is 6.36. The van der Waals surface area contributed by atoms with E-state index in [-0.39, 0.29) is 11.8 Å². The fraction of sp³-hybridized carbons (Fsp3) is 0.812. The average molecular weight is 308 g/mol. The van der Waals surface area contributed by atoms with E-state index in [4.69, 9.17) is 4.42 Å². The number of hydrogen-bond acceptors (Lipinski definition) is 5. The molecule has 0 radical (unpaired) electrons. The zero-order chi connectivity index (χ0) is 15.9. The number of likely N-dealkylation sites (tertiary alicyclic amines) is 1. The van der Waals surface area contributed by atoms with Gasteiger partial charge in [-0.05, 0) is 25.9 Å². The highest BCUT2D eigenvalue weighted by molar-refractivity contribution is 5.75. The van der Waals surface area contributed by atoms with Gasteiger partial charge in [-0.2, -0.15) is 0 Å². The van der Waals surface area contributed by atoms with Crippen LogP contribution in [0, 0.1) is 0 Å². The molecule has 1 amide bonds. The molecule has 1 aliphatic heterocycles. The topological polar surface area (TPSA) is 62.5 Å². The Hall–Kier alpha value is -1.43. The molecule has 1 aromatic rings. The van der Waals surface area contributed by atoms with Gasteiger partial charge in [-0.15, -0.1) is 10.2 Å². The van der Waals surface area contributed by atoms with Crippen molar-refractivity contribution in [2.24, 2.45) is 0 Å². The van der Waals surface area contributed by atoms with E-state index < -0.39 is 0 Å². The Balaban J connectivity index is 1.68. The molecule has 0 saturated carbocycles. The van der Waals surface area contributed by atoms with Crippen molar-refractivity contribution in [1.82, 2.24) is 20.0 Å². The van der Waals surface area contributed by atoms with Gasteiger partial charge in [-0.3, -0.25) is 4.79 Å². The van der Waals surface area contributed by atoms with Crippen molar-refractivity contribution in [2.75, 3.05) is 33.2 Å². The summed E-state index contributed by atoms with van der Waals surface area (Å²) >= 11 is 0. The maximum absolute atomic E-state index is 12.1. The van der Waals surface area contributed by atoms with E-state index >= 15 is 0 Å². The van der Waals surface area contributed by atoms with Crippen LogP contribution in [0.3, 0.4) is 0 Å². The maximum Gasteiger partial charge on any atom is 0.222 e. The standard InChI is InChI=1S/C16H28N4O2/c1-13(2)16-18-17-14(22-16)7-8-15(21)19(3)11-12-20-9-5-4-6-10-20/h13H,4-12H2,1-3H3. The summed E-state index contributed by atoms with van der Waals surface area (Å²) in [5.41, 5.74) is 0. The van der Waals surface area contributed by atoms with Gasteiger partial charge in [0.25, 0.3) is 0 Å². The van der Waals surface area contributed by atoms with Gasteiger partial charge in [0.15, 0.2) is 0 Å². The highest BCUT2D eigenvalue weighted by Gasteiger charge is 2.15. The third kappa shape index (κ3) is 5.09. The molecule has 0 aromatic carbocycles. The number of amides is 1. The first-order chi connectivity index (χ1) is 10.6. The first kappa shape index (κ1) is 16.9. The monoisotopic (exact) mass is 308 g/mol. The van der Waals surface area contributed by atoms with Crippen LogP contribution in [0.15, 0.2) is 4.42 Å². The molecule has 6 heteroatoms. The van der Waals surface area contributed by atoms with Crippen molar-refractivity contribution < 1.29 is 9.21 Å². The van der Waals surface area contributed by atoms with Gasteiger partial charge in [-0.1, -0.05) is 20.3 Å². The van der Waals surface area contributed by atoms with Gasteiger partial charge in [0.2, 0.25) is 17.7 Å². The Labute approximate surface area is 132 Å². The number of carbonyl (C=O) groups is 1. The summed E-state index contributed by atoms with van der Waals surface area (Å²) in [6.45, 7) is 8.12. The molecular formula is C16H28N4O2. The van der Waals surface area contributed by atoms with Crippen LogP contribution < -0.4 is 0 Å². The fourth-order valence-electron chi connectivity index (χ4n) is 2.60. The summed E-state index contributed by atoms with van der Waals surface area (Å²) in [7, 11) is 1.87. The van der Waals surface area contributed by atoms with Crippen LogP contribution in [0.25, 0.3) is 0 Å². The molecule has 2 rings (SSSR count). The molecule has 0 bridgehead atoms. The lowest BCUT2D eigenvalue weighted by Crippen LogP contribution is -2.38. The fourth-order valence-corrected chi connectivity index (χ4v) is 2.60. The second kappa shape index (κ2) is 8.27. The maximum atomic E-state index is 12.1.